The van der Waals surface area contributed by atoms with Crippen LogP contribution >= 0.6 is 0 Å². The summed E-state index contributed by atoms with van der Waals surface area (Å²) in [5.41, 5.74) is 2.38. The Morgan fingerprint density at radius 3 is 2.44 bits per heavy atom. The molecular formula is C9H19N7OS. The molecule has 0 aromatic carbocycles. The molecule has 4 N–H and O–H groups in total. The predicted molar refractivity (Wildman–Crippen MR) is 74.0 cm³/mol. The van der Waals surface area contributed by atoms with Gasteiger partial charge in [0.25, 0.3) is 0 Å². The number of hydrogen-bond donors (Lipinski definition) is 3. The van der Waals surface area contributed by atoms with Crippen molar-refractivity contribution in [3.63, 3.8) is 0 Å². The van der Waals surface area contributed by atoms with Crippen LogP contribution in [0.5, 0.6) is 0 Å². The monoisotopic (exact) mass is 273 g/mol. The van der Waals surface area contributed by atoms with Crippen molar-refractivity contribution in [3.8, 4) is 0 Å². The van der Waals surface area contributed by atoms with E-state index in [2.05, 4.69) is 25.7 Å². The number of hydrazine groups is 1. The number of nitrogens with zero attached hydrogens (tertiary/aromatic N) is 4. The third-order valence-electron chi connectivity index (χ3n) is 2.27. The van der Waals surface area contributed by atoms with Crippen molar-refractivity contribution < 1.29 is 4.21 Å². The van der Waals surface area contributed by atoms with Crippen molar-refractivity contribution in [1.29, 1.82) is 0 Å². The Balaban J connectivity index is 2.81. The van der Waals surface area contributed by atoms with Crippen molar-refractivity contribution in [2.24, 2.45) is 5.84 Å². The maximum absolute atomic E-state index is 11.2. The molecule has 9 heteroatoms. The minimum absolute atomic E-state index is 0.0128. The second-order valence-corrected chi connectivity index (χ2v) is 5.81. The van der Waals surface area contributed by atoms with Gasteiger partial charge < -0.3 is 10.2 Å². The van der Waals surface area contributed by atoms with Gasteiger partial charge in [0.2, 0.25) is 17.8 Å². The largest absolute Gasteiger partial charge is 0.353 e. The molecule has 0 aliphatic rings. The van der Waals surface area contributed by atoms with E-state index in [-0.39, 0.29) is 11.2 Å². The summed E-state index contributed by atoms with van der Waals surface area (Å²) in [6, 6.07) is 0. The fourth-order valence-corrected chi connectivity index (χ4v) is 1.38. The number of nitrogens with one attached hydrogen (secondary N) is 2. The molecule has 0 bridgehead atoms. The SMILES string of the molecule is CC(CNc1nc(NN)nc(N(C)C)n1)S(C)=O. The van der Waals surface area contributed by atoms with Gasteiger partial charge in [0.15, 0.2) is 0 Å². The number of aromatic nitrogens is 3. The van der Waals surface area contributed by atoms with Gasteiger partial charge in [-0.05, 0) is 6.92 Å². The normalized spacial score (nSPS) is 13.8. The molecule has 0 saturated carbocycles. The lowest BCUT2D eigenvalue weighted by atomic mass is 10.5. The molecule has 1 aromatic rings. The van der Waals surface area contributed by atoms with Crippen LogP contribution in [-0.2, 0) is 10.8 Å². The van der Waals surface area contributed by atoms with Crippen LogP contribution in [0.1, 0.15) is 6.92 Å². The predicted octanol–water partition coefficient (Wildman–Crippen LogP) is -0.598. The molecule has 0 fully saturated rings. The molecule has 0 amide bonds. The number of hydrogen-bond acceptors (Lipinski definition) is 8. The molecule has 0 aliphatic carbocycles. The highest BCUT2D eigenvalue weighted by Gasteiger charge is 2.10. The molecule has 0 radical (unpaired) electrons. The Morgan fingerprint density at radius 2 is 1.94 bits per heavy atom. The summed E-state index contributed by atoms with van der Waals surface area (Å²) in [5.74, 6) is 6.47. The zero-order valence-electron chi connectivity index (χ0n) is 11.0. The zero-order chi connectivity index (χ0) is 13.7. The smallest absolute Gasteiger partial charge is 0.243 e. The lowest BCUT2D eigenvalue weighted by molar-refractivity contribution is 0.678. The molecule has 0 aliphatic heterocycles. The standard InChI is InChI=1S/C9H19N7OS/c1-6(18(4)17)5-11-7-12-8(15-10)14-9(13-7)16(2)3/h6H,5,10H2,1-4H3,(H2,11,12,13,14,15). The molecule has 2 unspecified atom stereocenters. The van der Waals surface area contributed by atoms with Gasteiger partial charge in [-0.15, -0.1) is 0 Å². The first kappa shape index (κ1) is 14.6. The summed E-state index contributed by atoms with van der Waals surface area (Å²) in [7, 11) is 2.76. The first-order valence-corrected chi connectivity index (χ1v) is 7.02. The van der Waals surface area contributed by atoms with Crippen LogP contribution < -0.4 is 21.5 Å². The van der Waals surface area contributed by atoms with Gasteiger partial charge in [-0.2, -0.15) is 15.0 Å². The lowest BCUT2D eigenvalue weighted by Gasteiger charge is -2.14. The minimum atomic E-state index is -0.890. The third-order valence-corrected chi connectivity index (χ3v) is 3.57. The van der Waals surface area contributed by atoms with E-state index < -0.39 is 10.8 Å². The summed E-state index contributed by atoms with van der Waals surface area (Å²) in [6.45, 7) is 2.41. The summed E-state index contributed by atoms with van der Waals surface area (Å²) in [5, 5.41) is 3.03. The quantitative estimate of drug-likeness (QED) is 0.466. The van der Waals surface area contributed by atoms with Crippen LogP contribution in [-0.4, -0.2) is 51.3 Å². The molecule has 102 valence electrons. The summed E-state index contributed by atoms with van der Waals surface area (Å²) in [6.07, 6.45) is 1.66. The van der Waals surface area contributed by atoms with E-state index >= 15 is 0 Å². The zero-order valence-corrected chi connectivity index (χ0v) is 11.8. The summed E-state index contributed by atoms with van der Waals surface area (Å²) in [4.78, 5) is 14.1. The topological polar surface area (TPSA) is 109 Å². The molecule has 0 spiro atoms. The highest BCUT2D eigenvalue weighted by molar-refractivity contribution is 7.84. The van der Waals surface area contributed by atoms with Gasteiger partial charge >= 0.3 is 0 Å². The van der Waals surface area contributed by atoms with Gasteiger partial charge in [-0.1, -0.05) is 0 Å². The molecule has 1 aromatic heterocycles. The highest BCUT2D eigenvalue weighted by Crippen LogP contribution is 2.10. The van der Waals surface area contributed by atoms with Crippen molar-refractivity contribution in [3.05, 3.63) is 0 Å². The maximum atomic E-state index is 11.2. The van der Waals surface area contributed by atoms with Crippen LogP contribution in [0.25, 0.3) is 0 Å². The van der Waals surface area contributed by atoms with E-state index in [0.29, 0.717) is 18.4 Å². The molecule has 8 nitrogen and oxygen atoms in total. The van der Waals surface area contributed by atoms with E-state index in [4.69, 9.17) is 5.84 Å². The fraction of sp³-hybridized carbons (Fsp3) is 0.667. The van der Waals surface area contributed by atoms with Crippen LogP contribution in [0.4, 0.5) is 17.8 Å². The molecule has 18 heavy (non-hydrogen) atoms. The van der Waals surface area contributed by atoms with Gasteiger partial charge in [-0.3, -0.25) is 9.63 Å². The third kappa shape index (κ3) is 4.08. The number of nitrogens with two attached hydrogens (primary N) is 1. The van der Waals surface area contributed by atoms with Crippen LogP contribution in [0.2, 0.25) is 0 Å². The van der Waals surface area contributed by atoms with E-state index in [1.54, 1.807) is 11.2 Å². The van der Waals surface area contributed by atoms with Crippen molar-refractivity contribution >= 4 is 28.6 Å². The molecule has 2 atom stereocenters. The Morgan fingerprint density at radius 1 is 1.33 bits per heavy atom. The summed E-state index contributed by atoms with van der Waals surface area (Å²) >= 11 is 0. The van der Waals surface area contributed by atoms with Crippen molar-refractivity contribution in [2.45, 2.75) is 12.2 Å². The van der Waals surface area contributed by atoms with Gasteiger partial charge in [-0.25, -0.2) is 5.84 Å². The van der Waals surface area contributed by atoms with E-state index in [9.17, 15) is 4.21 Å². The van der Waals surface area contributed by atoms with E-state index in [1.807, 2.05) is 21.0 Å². The first-order valence-electron chi connectivity index (χ1n) is 5.40. The first-order chi connectivity index (χ1) is 8.43. The van der Waals surface area contributed by atoms with E-state index in [1.165, 1.54) is 0 Å². The number of nitrogen functional groups attached to an aromatic ring is 1. The van der Waals surface area contributed by atoms with Gasteiger partial charge in [0, 0.05) is 42.9 Å². The Kier molecular flexibility index (Phi) is 5.23. The van der Waals surface area contributed by atoms with Crippen LogP contribution in [0, 0.1) is 0 Å². The Bertz CT molecular complexity index is 425. The average Bonchev–Trinajstić information content (AvgIpc) is 2.35. The highest BCUT2D eigenvalue weighted by atomic mass is 32.2. The van der Waals surface area contributed by atoms with E-state index in [0.717, 1.165) is 0 Å². The minimum Gasteiger partial charge on any atom is -0.353 e. The molecular weight excluding hydrogens is 254 g/mol. The second-order valence-electron chi connectivity index (χ2n) is 4.01. The molecule has 1 heterocycles. The van der Waals surface area contributed by atoms with Crippen LogP contribution in [0.15, 0.2) is 0 Å². The van der Waals surface area contributed by atoms with Gasteiger partial charge in [0.1, 0.15) is 0 Å². The molecule has 0 saturated heterocycles. The summed E-state index contributed by atoms with van der Waals surface area (Å²) < 4.78 is 11.2. The number of rotatable bonds is 6. The molecule has 1 rings (SSSR count). The second kappa shape index (κ2) is 6.45. The van der Waals surface area contributed by atoms with Gasteiger partial charge in [0.05, 0.1) is 0 Å². The average molecular weight is 273 g/mol. The Labute approximate surface area is 109 Å². The fourth-order valence-electron chi connectivity index (χ4n) is 1.06. The maximum Gasteiger partial charge on any atom is 0.243 e. The number of anilines is 3. The van der Waals surface area contributed by atoms with Crippen molar-refractivity contribution in [1.82, 2.24) is 15.0 Å². The Hall–Kier alpha value is -1.48. The van der Waals surface area contributed by atoms with Crippen LogP contribution in [0.3, 0.4) is 0 Å². The lowest BCUT2D eigenvalue weighted by Crippen LogP contribution is -2.23. The van der Waals surface area contributed by atoms with Crippen molar-refractivity contribution in [2.75, 3.05) is 42.5 Å².